The van der Waals surface area contributed by atoms with Gasteiger partial charge in [-0.2, -0.15) is 0 Å². The first-order valence-corrected chi connectivity index (χ1v) is 7.04. The molecule has 1 fully saturated rings. The Labute approximate surface area is 95.4 Å². The summed E-state index contributed by atoms with van der Waals surface area (Å²) >= 11 is 0. The lowest BCUT2D eigenvalue weighted by Gasteiger charge is -2.21. The van der Waals surface area contributed by atoms with Crippen LogP contribution in [0.1, 0.15) is 12.8 Å². The predicted molar refractivity (Wildman–Crippen MR) is 59.7 cm³/mol. The molecule has 3 N–H and O–H groups in total. The highest BCUT2D eigenvalue weighted by molar-refractivity contribution is 7.92. The second-order valence-corrected chi connectivity index (χ2v) is 6.04. The lowest BCUT2D eigenvalue weighted by atomic mass is 10.2. The fourth-order valence-electron chi connectivity index (χ4n) is 1.60. The van der Waals surface area contributed by atoms with E-state index in [9.17, 15) is 13.2 Å². The Morgan fingerprint density at radius 1 is 1.38 bits per heavy atom. The van der Waals surface area contributed by atoms with Crippen molar-refractivity contribution >= 4 is 15.7 Å². The molecule has 0 atom stereocenters. The maximum Gasteiger partial charge on any atom is 0.235 e. The minimum Gasteiger partial charge on any atom is -0.381 e. The molecular formula is C9H18N2O4S. The molecule has 0 aromatic heterocycles. The molecule has 0 radical (unpaired) electrons. The second kappa shape index (κ2) is 6.17. The summed E-state index contributed by atoms with van der Waals surface area (Å²) < 4.78 is 28.7. The first kappa shape index (κ1) is 13.4. The number of amides is 1. The van der Waals surface area contributed by atoms with Crippen LogP contribution in [-0.2, 0) is 19.4 Å². The molecule has 0 bridgehead atoms. The Kier molecular flexibility index (Phi) is 5.17. The Bertz CT molecular complexity index is 322. The highest BCUT2D eigenvalue weighted by atomic mass is 32.2. The molecule has 0 spiro atoms. The Balaban J connectivity index is 2.46. The highest BCUT2D eigenvalue weighted by Gasteiger charge is 2.29. The van der Waals surface area contributed by atoms with Gasteiger partial charge in [-0.3, -0.25) is 4.79 Å². The van der Waals surface area contributed by atoms with Gasteiger partial charge in [0.05, 0.1) is 5.25 Å². The van der Waals surface area contributed by atoms with Gasteiger partial charge in [-0.25, -0.2) is 8.42 Å². The number of rotatable bonds is 5. The van der Waals surface area contributed by atoms with Crippen molar-refractivity contribution in [3.63, 3.8) is 0 Å². The average molecular weight is 250 g/mol. The molecule has 0 saturated carbocycles. The molecule has 0 aliphatic carbocycles. The standard InChI is InChI=1S/C9H18N2O4S/c10-3-4-11-9(12)7-16(13,14)8-1-5-15-6-2-8/h8H,1-7,10H2,(H,11,12). The van der Waals surface area contributed by atoms with Crippen LogP contribution in [0.3, 0.4) is 0 Å². The molecule has 1 saturated heterocycles. The zero-order valence-electron chi connectivity index (χ0n) is 9.15. The van der Waals surface area contributed by atoms with Crippen LogP contribution in [0.4, 0.5) is 0 Å². The first-order chi connectivity index (χ1) is 7.56. The summed E-state index contributed by atoms with van der Waals surface area (Å²) in [6.07, 6.45) is 0.957. The minimum absolute atomic E-state index is 0.308. The van der Waals surface area contributed by atoms with Crippen molar-refractivity contribution in [2.45, 2.75) is 18.1 Å². The molecule has 0 unspecified atom stereocenters. The van der Waals surface area contributed by atoms with Crippen LogP contribution in [0.15, 0.2) is 0 Å². The number of carbonyl (C=O) groups excluding carboxylic acids is 1. The third-order valence-electron chi connectivity index (χ3n) is 2.47. The Morgan fingerprint density at radius 3 is 2.56 bits per heavy atom. The molecule has 1 rings (SSSR count). The van der Waals surface area contributed by atoms with E-state index < -0.39 is 26.7 Å². The maximum atomic E-state index is 11.8. The van der Waals surface area contributed by atoms with Crippen molar-refractivity contribution in [3.8, 4) is 0 Å². The van der Waals surface area contributed by atoms with Crippen molar-refractivity contribution in [2.75, 3.05) is 32.1 Å². The van der Waals surface area contributed by atoms with E-state index >= 15 is 0 Å². The van der Waals surface area contributed by atoms with E-state index in [1.165, 1.54) is 0 Å². The smallest absolute Gasteiger partial charge is 0.235 e. The summed E-state index contributed by atoms with van der Waals surface area (Å²) in [5, 5.41) is 2.01. The van der Waals surface area contributed by atoms with Gasteiger partial charge in [-0.05, 0) is 12.8 Å². The van der Waals surface area contributed by atoms with E-state index in [0.717, 1.165) is 0 Å². The van der Waals surface area contributed by atoms with E-state index in [4.69, 9.17) is 10.5 Å². The van der Waals surface area contributed by atoms with Crippen LogP contribution in [0.25, 0.3) is 0 Å². The van der Waals surface area contributed by atoms with Crippen LogP contribution in [0.2, 0.25) is 0 Å². The van der Waals surface area contributed by atoms with Gasteiger partial charge in [0.1, 0.15) is 5.75 Å². The van der Waals surface area contributed by atoms with Gasteiger partial charge in [0.2, 0.25) is 5.91 Å². The minimum atomic E-state index is -3.35. The number of nitrogens with two attached hydrogens (primary N) is 1. The second-order valence-electron chi connectivity index (χ2n) is 3.76. The summed E-state index contributed by atoms with van der Waals surface area (Å²) in [7, 11) is -3.35. The summed E-state index contributed by atoms with van der Waals surface area (Å²) in [6.45, 7) is 1.52. The van der Waals surface area contributed by atoms with Crippen molar-refractivity contribution in [1.82, 2.24) is 5.32 Å². The van der Waals surface area contributed by atoms with Gasteiger partial charge >= 0.3 is 0 Å². The predicted octanol–water partition coefficient (Wildman–Crippen LogP) is -1.34. The van der Waals surface area contributed by atoms with Crippen LogP contribution in [0.5, 0.6) is 0 Å². The molecule has 6 nitrogen and oxygen atoms in total. The van der Waals surface area contributed by atoms with Crippen LogP contribution in [0, 0.1) is 0 Å². The molecule has 94 valence electrons. The fraction of sp³-hybridized carbons (Fsp3) is 0.889. The van der Waals surface area contributed by atoms with E-state index in [1.807, 2.05) is 0 Å². The lowest BCUT2D eigenvalue weighted by Crippen LogP contribution is -2.38. The molecule has 1 amide bonds. The largest absolute Gasteiger partial charge is 0.381 e. The quantitative estimate of drug-likeness (QED) is 0.629. The zero-order valence-corrected chi connectivity index (χ0v) is 9.96. The third kappa shape index (κ3) is 4.07. The van der Waals surface area contributed by atoms with Gasteiger partial charge in [-0.15, -0.1) is 0 Å². The summed E-state index contributed by atoms with van der Waals surface area (Å²) in [5.74, 6) is -0.922. The topological polar surface area (TPSA) is 98.5 Å². The number of hydrogen-bond acceptors (Lipinski definition) is 5. The third-order valence-corrected chi connectivity index (χ3v) is 4.63. The number of nitrogens with one attached hydrogen (secondary N) is 1. The van der Waals surface area contributed by atoms with Gasteiger partial charge in [0.25, 0.3) is 0 Å². The highest BCUT2D eigenvalue weighted by Crippen LogP contribution is 2.16. The molecule has 0 aromatic rings. The molecule has 0 aromatic carbocycles. The zero-order chi connectivity index (χ0) is 12.0. The normalized spacial score (nSPS) is 18.3. The van der Waals surface area contributed by atoms with E-state index in [2.05, 4.69) is 5.32 Å². The van der Waals surface area contributed by atoms with E-state index in [-0.39, 0.29) is 0 Å². The van der Waals surface area contributed by atoms with Gasteiger partial charge in [-0.1, -0.05) is 0 Å². The SMILES string of the molecule is NCCNC(=O)CS(=O)(=O)C1CCOCC1. The maximum absolute atomic E-state index is 11.8. The number of hydrogen-bond donors (Lipinski definition) is 2. The Morgan fingerprint density at radius 2 is 2.00 bits per heavy atom. The van der Waals surface area contributed by atoms with Crippen molar-refractivity contribution in [1.29, 1.82) is 0 Å². The number of sulfone groups is 1. The van der Waals surface area contributed by atoms with Crippen LogP contribution in [-0.4, -0.2) is 51.6 Å². The lowest BCUT2D eigenvalue weighted by molar-refractivity contribution is -0.118. The van der Waals surface area contributed by atoms with E-state index in [0.29, 0.717) is 39.1 Å². The van der Waals surface area contributed by atoms with Gasteiger partial charge in [0.15, 0.2) is 9.84 Å². The summed E-state index contributed by atoms with van der Waals surface area (Å²) in [5.41, 5.74) is 5.20. The van der Waals surface area contributed by atoms with Crippen molar-refractivity contribution < 1.29 is 17.9 Å². The monoisotopic (exact) mass is 250 g/mol. The molecule has 7 heteroatoms. The molecule has 1 aliphatic rings. The Hall–Kier alpha value is -0.660. The van der Waals surface area contributed by atoms with Gasteiger partial charge < -0.3 is 15.8 Å². The molecule has 16 heavy (non-hydrogen) atoms. The summed E-state index contributed by atoms with van der Waals surface area (Å²) in [6, 6.07) is 0. The molecule has 1 aliphatic heterocycles. The van der Waals surface area contributed by atoms with Gasteiger partial charge in [0, 0.05) is 26.3 Å². The molecule has 1 heterocycles. The van der Waals surface area contributed by atoms with Crippen molar-refractivity contribution in [2.24, 2.45) is 5.73 Å². The summed E-state index contributed by atoms with van der Waals surface area (Å²) in [4.78, 5) is 11.3. The molecular weight excluding hydrogens is 232 g/mol. The average Bonchev–Trinajstić information content (AvgIpc) is 2.27. The fourth-order valence-corrected chi connectivity index (χ4v) is 3.21. The van der Waals surface area contributed by atoms with Crippen LogP contribution < -0.4 is 11.1 Å². The van der Waals surface area contributed by atoms with Crippen LogP contribution >= 0.6 is 0 Å². The van der Waals surface area contributed by atoms with E-state index in [1.54, 1.807) is 0 Å². The number of ether oxygens (including phenoxy) is 1. The first-order valence-electron chi connectivity index (χ1n) is 5.32. The van der Waals surface area contributed by atoms with Crippen molar-refractivity contribution in [3.05, 3.63) is 0 Å². The number of carbonyl (C=O) groups is 1.